The second-order valence-corrected chi connectivity index (χ2v) is 2.39. The maximum absolute atomic E-state index is 8.87. The van der Waals surface area contributed by atoms with Crippen molar-refractivity contribution < 1.29 is 5.21 Å². The summed E-state index contributed by atoms with van der Waals surface area (Å²) in [5.41, 5.74) is 0. The van der Waals surface area contributed by atoms with Crippen LogP contribution >= 0.6 is 0 Å². The lowest BCUT2D eigenvalue weighted by atomic mass is 10.0. The van der Waals surface area contributed by atoms with Gasteiger partial charge >= 0.3 is 0 Å². The zero-order valence-electron chi connectivity index (χ0n) is 5.30. The van der Waals surface area contributed by atoms with Crippen LogP contribution in [0.2, 0.25) is 0 Å². The third-order valence-corrected chi connectivity index (χ3v) is 1.73. The zero-order chi connectivity index (χ0) is 5.98. The number of hydrogen-bond donors (Lipinski definition) is 1. The summed E-state index contributed by atoms with van der Waals surface area (Å²) in [4.78, 5) is 0. The van der Waals surface area contributed by atoms with Gasteiger partial charge in [0.15, 0.2) is 0 Å². The van der Waals surface area contributed by atoms with Gasteiger partial charge in [-0.05, 0) is 12.8 Å². The molecule has 0 radical (unpaired) electrons. The summed E-state index contributed by atoms with van der Waals surface area (Å²) in [6, 6.07) is 0.486. The largest absolute Gasteiger partial charge is 0.314 e. The van der Waals surface area contributed by atoms with Crippen LogP contribution in [0.25, 0.3) is 0 Å². The Balaban J connectivity index is 2.08. The van der Waals surface area contributed by atoms with Crippen LogP contribution in [-0.4, -0.2) is 22.9 Å². The topological polar surface area (TPSA) is 23.5 Å². The van der Waals surface area contributed by atoms with E-state index in [1.54, 1.807) is 0 Å². The monoisotopic (exact) mass is 115 g/mol. The van der Waals surface area contributed by atoms with Crippen LogP contribution < -0.4 is 0 Å². The Morgan fingerprint density at radius 2 is 2.50 bits per heavy atom. The lowest BCUT2D eigenvalue weighted by molar-refractivity contribution is -0.183. The van der Waals surface area contributed by atoms with E-state index in [1.807, 2.05) is 0 Å². The Labute approximate surface area is 50.1 Å². The second kappa shape index (κ2) is 2.46. The summed E-state index contributed by atoms with van der Waals surface area (Å²) in [5, 5.41) is 10.3. The van der Waals surface area contributed by atoms with Gasteiger partial charge in [-0.1, -0.05) is 13.3 Å². The lowest BCUT2D eigenvalue weighted by Gasteiger charge is -2.35. The van der Waals surface area contributed by atoms with E-state index in [2.05, 4.69) is 6.92 Å². The molecule has 0 aromatic rings. The van der Waals surface area contributed by atoms with Crippen molar-refractivity contribution in [1.82, 2.24) is 5.06 Å². The van der Waals surface area contributed by atoms with Crippen molar-refractivity contribution >= 4 is 0 Å². The van der Waals surface area contributed by atoms with Crippen LogP contribution in [0.5, 0.6) is 0 Å². The van der Waals surface area contributed by atoms with Crippen LogP contribution in [0.4, 0.5) is 0 Å². The Morgan fingerprint density at radius 1 is 1.75 bits per heavy atom. The van der Waals surface area contributed by atoms with E-state index in [-0.39, 0.29) is 0 Å². The number of hydroxylamine groups is 2. The highest BCUT2D eigenvalue weighted by Crippen LogP contribution is 2.17. The molecule has 1 saturated heterocycles. The fraction of sp³-hybridized carbons (Fsp3) is 1.00. The van der Waals surface area contributed by atoms with E-state index in [9.17, 15) is 0 Å². The SMILES string of the molecule is CCCC1CCN1O. The quantitative estimate of drug-likeness (QED) is 0.585. The molecule has 0 bridgehead atoms. The van der Waals surface area contributed by atoms with E-state index in [0.717, 1.165) is 13.0 Å². The molecule has 2 nitrogen and oxygen atoms in total. The van der Waals surface area contributed by atoms with E-state index < -0.39 is 0 Å². The van der Waals surface area contributed by atoms with Crippen molar-refractivity contribution in [2.24, 2.45) is 0 Å². The summed E-state index contributed by atoms with van der Waals surface area (Å²) < 4.78 is 0. The van der Waals surface area contributed by atoms with Crippen molar-refractivity contribution in [3.63, 3.8) is 0 Å². The molecule has 0 saturated carbocycles. The molecule has 1 fully saturated rings. The highest BCUT2D eigenvalue weighted by molar-refractivity contribution is 4.74. The van der Waals surface area contributed by atoms with Gasteiger partial charge in [-0.25, -0.2) is 0 Å². The molecule has 1 heterocycles. The summed E-state index contributed by atoms with van der Waals surface area (Å²) in [6.07, 6.45) is 3.52. The van der Waals surface area contributed by atoms with Gasteiger partial charge in [0.2, 0.25) is 0 Å². The molecule has 1 N–H and O–H groups in total. The minimum Gasteiger partial charge on any atom is -0.314 e. The van der Waals surface area contributed by atoms with E-state index in [0.29, 0.717) is 6.04 Å². The molecule has 1 aliphatic rings. The predicted molar refractivity (Wildman–Crippen MR) is 31.8 cm³/mol. The molecule has 2 heteroatoms. The van der Waals surface area contributed by atoms with E-state index in [1.165, 1.54) is 17.9 Å². The van der Waals surface area contributed by atoms with Gasteiger partial charge in [-0.2, -0.15) is 5.06 Å². The van der Waals surface area contributed by atoms with Gasteiger partial charge in [0, 0.05) is 12.6 Å². The Morgan fingerprint density at radius 3 is 2.62 bits per heavy atom. The average molecular weight is 115 g/mol. The lowest BCUT2D eigenvalue weighted by Crippen LogP contribution is -2.44. The molecule has 0 amide bonds. The van der Waals surface area contributed by atoms with Crippen molar-refractivity contribution in [2.45, 2.75) is 32.2 Å². The third kappa shape index (κ3) is 1.01. The molecule has 1 atom stereocenters. The first-order valence-electron chi connectivity index (χ1n) is 3.30. The van der Waals surface area contributed by atoms with Gasteiger partial charge in [0.05, 0.1) is 0 Å². The van der Waals surface area contributed by atoms with Gasteiger partial charge in [0.25, 0.3) is 0 Å². The second-order valence-electron chi connectivity index (χ2n) is 2.39. The number of hydrogen-bond acceptors (Lipinski definition) is 2. The minimum atomic E-state index is 0.486. The van der Waals surface area contributed by atoms with E-state index >= 15 is 0 Å². The molecule has 0 aliphatic carbocycles. The van der Waals surface area contributed by atoms with Crippen molar-refractivity contribution in [3.8, 4) is 0 Å². The normalized spacial score (nSPS) is 30.0. The first-order chi connectivity index (χ1) is 3.84. The predicted octanol–water partition coefficient (Wildman–Crippen LogP) is 1.25. The highest BCUT2D eigenvalue weighted by Gasteiger charge is 2.24. The fourth-order valence-corrected chi connectivity index (χ4v) is 1.05. The Kier molecular flexibility index (Phi) is 1.86. The highest BCUT2D eigenvalue weighted by atomic mass is 16.5. The number of nitrogens with zero attached hydrogens (tertiary/aromatic N) is 1. The maximum atomic E-state index is 8.87. The molecule has 0 aromatic heterocycles. The Bertz CT molecular complexity index is 74.9. The van der Waals surface area contributed by atoms with E-state index in [4.69, 9.17) is 5.21 Å². The van der Waals surface area contributed by atoms with Crippen molar-refractivity contribution in [3.05, 3.63) is 0 Å². The molecule has 48 valence electrons. The van der Waals surface area contributed by atoms with Gasteiger partial charge in [-0.15, -0.1) is 0 Å². The van der Waals surface area contributed by atoms with Crippen molar-refractivity contribution in [2.75, 3.05) is 6.54 Å². The zero-order valence-corrected chi connectivity index (χ0v) is 5.30. The standard InChI is InChI=1S/C6H13NO/c1-2-3-6-4-5-7(6)8/h6,8H,2-5H2,1H3. The summed E-state index contributed by atoms with van der Waals surface area (Å²) in [5.74, 6) is 0. The molecule has 1 rings (SSSR count). The van der Waals surface area contributed by atoms with Gasteiger partial charge in [-0.3, -0.25) is 0 Å². The molecular formula is C6H13NO. The van der Waals surface area contributed by atoms with Crippen LogP contribution in [0.3, 0.4) is 0 Å². The summed E-state index contributed by atoms with van der Waals surface area (Å²) >= 11 is 0. The van der Waals surface area contributed by atoms with Crippen LogP contribution in [0.1, 0.15) is 26.2 Å². The average Bonchev–Trinajstić information content (AvgIpc) is 1.79. The molecular weight excluding hydrogens is 102 g/mol. The first-order valence-corrected chi connectivity index (χ1v) is 3.30. The molecule has 1 unspecified atom stereocenters. The van der Waals surface area contributed by atoms with Crippen LogP contribution in [0.15, 0.2) is 0 Å². The minimum absolute atomic E-state index is 0.486. The first kappa shape index (κ1) is 6.05. The third-order valence-electron chi connectivity index (χ3n) is 1.73. The fourth-order valence-electron chi connectivity index (χ4n) is 1.05. The molecule has 0 spiro atoms. The van der Waals surface area contributed by atoms with Crippen LogP contribution in [0, 0.1) is 0 Å². The van der Waals surface area contributed by atoms with Gasteiger partial charge in [0.1, 0.15) is 0 Å². The maximum Gasteiger partial charge on any atom is 0.0363 e. The van der Waals surface area contributed by atoms with Crippen LogP contribution in [-0.2, 0) is 0 Å². The smallest absolute Gasteiger partial charge is 0.0363 e. The van der Waals surface area contributed by atoms with Gasteiger partial charge < -0.3 is 5.21 Å². The summed E-state index contributed by atoms with van der Waals surface area (Å²) in [6.45, 7) is 3.02. The molecule has 8 heavy (non-hydrogen) atoms. The Hall–Kier alpha value is -0.0800. The van der Waals surface area contributed by atoms with Crippen molar-refractivity contribution in [1.29, 1.82) is 0 Å². The molecule has 0 aromatic carbocycles. The summed E-state index contributed by atoms with van der Waals surface area (Å²) in [7, 11) is 0. The number of rotatable bonds is 2. The molecule has 1 aliphatic heterocycles.